The number of hydrogen-bond acceptors (Lipinski definition) is 6. The second-order valence-electron chi connectivity index (χ2n) is 5.11. The molecule has 0 unspecified atom stereocenters. The lowest BCUT2D eigenvalue weighted by atomic mass is 10.2. The van der Waals surface area contributed by atoms with Crippen LogP contribution >= 0.6 is 0 Å². The number of methoxy groups -OCH3 is 1. The monoisotopic (exact) mass is 393 g/mol. The molecular weight excluding hydrogens is 362 g/mol. The fourth-order valence-corrected chi connectivity index (χ4v) is 1.36. The maximum atomic E-state index is 9.59. The number of aryl methyl sites for hydroxylation is 3. The molecule has 150 valence electrons. The van der Waals surface area contributed by atoms with Gasteiger partial charge in [-0.25, -0.2) is 0 Å². The summed E-state index contributed by atoms with van der Waals surface area (Å²) in [6.45, 7) is 8.90. The summed E-state index contributed by atoms with van der Waals surface area (Å²) < 4.78 is 13.7. The Hall–Kier alpha value is -2.43. The maximum absolute atomic E-state index is 9.59. The topological polar surface area (TPSA) is 98.9 Å². The molecule has 0 aliphatic rings. The lowest BCUT2D eigenvalue weighted by Crippen LogP contribution is -1.88. The van der Waals surface area contributed by atoms with Gasteiger partial charge in [0, 0.05) is 37.6 Å². The largest absolute Gasteiger partial charge is 0.617 e. The molecule has 0 spiro atoms. The van der Waals surface area contributed by atoms with Crippen LogP contribution in [0.2, 0.25) is 0 Å². The van der Waals surface area contributed by atoms with Gasteiger partial charge in [-0.05, 0) is 50.6 Å². The van der Waals surface area contributed by atoms with Crippen LogP contribution in [0.4, 0.5) is 0 Å². The van der Waals surface area contributed by atoms with Crippen molar-refractivity contribution in [3.05, 3.63) is 59.7 Å². The molecule has 0 amide bonds. The molecule has 0 radical (unpaired) electrons. The van der Waals surface area contributed by atoms with Crippen molar-refractivity contribution in [2.24, 2.45) is 0 Å². The van der Waals surface area contributed by atoms with E-state index in [-0.39, 0.29) is 5.97 Å². The molecule has 0 bridgehead atoms. The molecule has 0 N–H and O–H groups in total. The van der Waals surface area contributed by atoms with E-state index in [0.29, 0.717) is 0 Å². The van der Waals surface area contributed by atoms with Gasteiger partial charge in [0.05, 0.1) is 25.7 Å². The van der Waals surface area contributed by atoms with Crippen molar-refractivity contribution >= 4 is 17.1 Å². The van der Waals surface area contributed by atoms with Gasteiger partial charge in [0.2, 0.25) is 0 Å². The predicted molar refractivity (Wildman–Crippen MR) is 112 cm³/mol. The molecule has 0 saturated heterocycles. The molecule has 0 saturated carbocycles. The summed E-state index contributed by atoms with van der Waals surface area (Å²) in [5.74, 6) is -0.245. The van der Waals surface area contributed by atoms with Crippen molar-refractivity contribution < 1.29 is 14.1 Å². The van der Waals surface area contributed by atoms with Gasteiger partial charge in [0.25, 0.3) is 0 Å². The minimum Gasteiger partial charge on any atom is -0.617 e. The summed E-state index contributed by atoms with van der Waals surface area (Å²) in [7, 11) is 1.35. The normalized spacial score (nSPS) is 7.89. The summed E-state index contributed by atoms with van der Waals surface area (Å²) in [6.07, 6.45) is 6.78. The van der Waals surface area contributed by atoms with Crippen molar-refractivity contribution in [1.29, 1.82) is 5.26 Å². The Morgan fingerprint density at radius 1 is 1.11 bits per heavy atom. The highest BCUT2D eigenvalue weighted by molar-refractivity contribution is 7.89. The van der Waals surface area contributed by atoms with Gasteiger partial charge in [-0.15, -0.1) is 0 Å². The molecule has 27 heavy (non-hydrogen) atoms. The number of nitrogens with zero attached hydrogens (tertiary/aromatic N) is 3. The van der Waals surface area contributed by atoms with Crippen LogP contribution < -0.4 is 0 Å². The molecule has 2 aromatic rings. The minimum absolute atomic E-state index is 0.245. The van der Waals surface area contributed by atoms with E-state index in [9.17, 15) is 9.35 Å². The molecular formula is C20H31N3O3S. The molecule has 2 heterocycles. The van der Waals surface area contributed by atoms with Crippen LogP contribution in [0.1, 0.15) is 30.8 Å². The number of esters is 1. The van der Waals surface area contributed by atoms with Gasteiger partial charge < -0.3 is 9.29 Å². The molecule has 6 nitrogen and oxygen atoms in total. The lowest BCUT2D eigenvalue weighted by Gasteiger charge is -1.96. The van der Waals surface area contributed by atoms with Gasteiger partial charge in [-0.3, -0.25) is 14.8 Å². The van der Waals surface area contributed by atoms with Crippen LogP contribution in [0, 0.1) is 32.1 Å². The Balaban J connectivity index is -0.000000284. The molecule has 0 aliphatic heterocycles. The first kappa shape index (κ1) is 29.3. The highest BCUT2D eigenvalue weighted by Crippen LogP contribution is 2.01. The third-order valence-electron chi connectivity index (χ3n) is 2.08. The first-order valence-corrected chi connectivity index (χ1v) is 9.94. The minimum atomic E-state index is -0.611. The highest BCUT2D eigenvalue weighted by atomic mass is 32.2. The highest BCUT2D eigenvalue weighted by Gasteiger charge is 1.88. The van der Waals surface area contributed by atoms with Gasteiger partial charge in [0.1, 0.15) is 0 Å². The molecule has 0 fully saturated rings. The average molecular weight is 394 g/mol. The van der Waals surface area contributed by atoms with Crippen LogP contribution in [-0.2, 0) is 20.7 Å². The molecule has 2 aromatic heterocycles. The number of rotatable bonds is 0. The average Bonchev–Trinajstić information content (AvgIpc) is 2.56. The van der Waals surface area contributed by atoms with E-state index in [2.05, 4.69) is 33.8 Å². The summed E-state index contributed by atoms with van der Waals surface area (Å²) >= 11 is -0.611. The van der Waals surface area contributed by atoms with Crippen LogP contribution in [0.25, 0.3) is 0 Å². The molecule has 0 aromatic carbocycles. The van der Waals surface area contributed by atoms with Gasteiger partial charge in [0.15, 0.2) is 0 Å². The second-order valence-corrected chi connectivity index (χ2v) is 6.60. The van der Waals surface area contributed by atoms with Crippen LogP contribution in [-0.4, -0.2) is 40.1 Å². The van der Waals surface area contributed by atoms with Gasteiger partial charge in [-0.1, -0.05) is 17.2 Å². The first-order valence-electron chi connectivity index (χ1n) is 7.97. The third-order valence-corrected chi connectivity index (χ3v) is 2.08. The Bertz CT molecular complexity index is 550. The SMILES string of the molecule is CC#N.COC(C)=O.C[S+](C)[O-].Cc1cc(C)nc(C)c1.c1ccncc1. The number of aromatic nitrogens is 2. The van der Waals surface area contributed by atoms with E-state index in [1.54, 1.807) is 31.0 Å². The van der Waals surface area contributed by atoms with E-state index in [1.165, 1.54) is 26.5 Å². The van der Waals surface area contributed by atoms with E-state index in [4.69, 9.17) is 5.26 Å². The van der Waals surface area contributed by atoms with E-state index >= 15 is 0 Å². The number of pyridine rings is 2. The molecule has 7 heteroatoms. The summed E-state index contributed by atoms with van der Waals surface area (Å²) in [5, 5.41) is 7.32. The standard InChI is InChI=1S/C8H11N.C5H5N.C3H6O2.C2H3N.C2H6OS/c1-6-4-7(2)9-8(3)5-6;1-2-4-6-5-3-1;1-3(4)5-2;1-2-3;1-4(2)3/h4-5H,1-3H3;1-5H;1-2H3;1H3;1-2H3. The fourth-order valence-electron chi connectivity index (χ4n) is 1.36. The summed E-state index contributed by atoms with van der Waals surface area (Å²) in [4.78, 5) is 17.6. The predicted octanol–water partition coefficient (Wildman–Crippen LogP) is 3.79. The van der Waals surface area contributed by atoms with Gasteiger partial charge in [-0.2, -0.15) is 5.26 Å². The number of carbonyl (C=O) groups is 1. The Labute approximate surface area is 166 Å². The third kappa shape index (κ3) is 35.5. The van der Waals surface area contributed by atoms with Crippen LogP contribution in [0.3, 0.4) is 0 Å². The van der Waals surface area contributed by atoms with Crippen molar-refractivity contribution in [3.63, 3.8) is 0 Å². The zero-order valence-electron chi connectivity index (χ0n) is 17.5. The van der Waals surface area contributed by atoms with Crippen LogP contribution in [0.15, 0.2) is 42.7 Å². The zero-order chi connectivity index (χ0) is 21.7. The van der Waals surface area contributed by atoms with E-state index < -0.39 is 11.2 Å². The second kappa shape index (κ2) is 21.6. The van der Waals surface area contributed by atoms with Crippen molar-refractivity contribution in [3.8, 4) is 6.07 Å². The summed E-state index contributed by atoms with van der Waals surface area (Å²) in [6, 6.07) is 11.6. The van der Waals surface area contributed by atoms with Crippen molar-refractivity contribution in [2.45, 2.75) is 34.6 Å². The molecule has 0 aliphatic carbocycles. The van der Waals surface area contributed by atoms with E-state index in [0.717, 1.165) is 11.4 Å². The smallest absolute Gasteiger partial charge is 0.302 e. The number of nitriles is 1. The van der Waals surface area contributed by atoms with Crippen molar-refractivity contribution in [1.82, 2.24) is 9.97 Å². The number of ether oxygens (including phenoxy) is 1. The maximum Gasteiger partial charge on any atom is 0.302 e. The lowest BCUT2D eigenvalue weighted by molar-refractivity contribution is -0.137. The van der Waals surface area contributed by atoms with Gasteiger partial charge >= 0.3 is 5.97 Å². The quantitative estimate of drug-likeness (QED) is 0.499. The zero-order valence-corrected chi connectivity index (χ0v) is 18.3. The number of hydrogen-bond donors (Lipinski definition) is 0. The molecule has 0 atom stereocenters. The summed E-state index contributed by atoms with van der Waals surface area (Å²) in [5.41, 5.74) is 3.50. The van der Waals surface area contributed by atoms with E-state index in [1.807, 2.05) is 32.0 Å². The molecule has 2 rings (SSSR count). The Kier molecular flexibility index (Phi) is 23.5. The Morgan fingerprint density at radius 3 is 1.59 bits per heavy atom. The van der Waals surface area contributed by atoms with Crippen LogP contribution in [0.5, 0.6) is 0 Å². The number of carbonyl (C=O) groups excluding carboxylic acids is 1. The van der Waals surface area contributed by atoms with Crippen molar-refractivity contribution in [2.75, 3.05) is 19.6 Å². The fraction of sp³-hybridized carbons (Fsp3) is 0.400. The Morgan fingerprint density at radius 2 is 1.44 bits per heavy atom. The first-order chi connectivity index (χ1) is 12.6.